The molecule has 0 saturated carbocycles. The molecule has 1 fully saturated rings. The lowest BCUT2D eigenvalue weighted by molar-refractivity contribution is -0.132. The maximum absolute atomic E-state index is 12.2. The zero-order chi connectivity index (χ0) is 24.7. The molecule has 1 aliphatic rings. The van der Waals surface area contributed by atoms with E-state index in [1.165, 1.54) is 5.56 Å². The number of β-amino-alcohol motifs (C(OH)–C–C–N with tert-alkyl or cyclic N) is 1. The van der Waals surface area contributed by atoms with Crippen LogP contribution in [0.25, 0.3) is 0 Å². The van der Waals surface area contributed by atoms with Crippen LogP contribution in [0.2, 0.25) is 0 Å². The van der Waals surface area contributed by atoms with Gasteiger partial charge in [0.2, 0.25) is 5.91 Å². The lowest BCUT2D eigenvalue weighted by atomic mass is 10.0. The fourth-order valence-corrected chi connectivity index (χ4v) is 4.10. The molecule has 2 aromatic carbocycles. The van der Waals surface area contributed by atoms with Crippen LogP contribution in [-0.4, -0.2) is 91.3 Å². The summed E-state index contributed by atoms with van der Waals surface area (Å²) in [6.45, 7) is 9.81. The topological polar surface area (TPSA) is 65.5 Å². The van der Waals surface area contributed by atoms with Crippen molar-refractivity contribution in [2.75, 3.05) is 60.0 Å². The monoisotopic (exact) mass is 469 g/mol. The Morgan fingerprint density at radius 1 is 1.03 bits per heavy atom. The molecular weight excluding hydrogens is 430 g/mol. The van der Waals surface area contributed by atoms with E-state index < -0.39 is 5.60 Å². The van der Waals surface area contributed by atoms with Gasteiger partial charge in [0.25, 0.3) is 0 Å². The van der Waals surface area contributed by atoms with Crippen molar-refractivity contribution < 1.29 is 19.4 Å². The SMILES string of the molecule is CC(=O)N1CCN(Cc2cccc(OCCN(C)C)c2)CC(O)(COc2ccc(C)c(C)c2)C1. The van der Waals surface area contributed by atoms with Crippen LogP contribution >= 0.6 is 0 Å². The zero-order valence-electron chi connectivity index (χ0n) is 21.2. The number of likely N-dealkylation sites (N-methyl/N-ethyl adjacent to an activating group) is 1. The highest BCUT2D eigenvalue weighted by Crippen LogP contribution is 2.22. The minimum Gasteiger partial charge on any atom is -0.492 e. The summed E-state index contributed by atoms with van der Waals surface area (Å²) < 4.78 is 11.9. The fourth-order valence-electron chi connectivity index (χ4n) is 4.10. The number of nitrogens with zero attached hydrogens (tertiary/aromatic N) is 3. The molecule has 1 aliphatic heterocycles. The van der Waals surface area contributed by atoms with Crippen LogP contribution in [0.3, 0.4) is 0 Å². The number of hydrogen-bond acceptors (Lipinski definition) is 6. The predicted octanol–water partition coefficient (Wildman–Crippen LogP) is 2.72. The Morgan fingerprint density at radius 2 is 1.79 bits per heavy atom. The Kier molecular flexibility index (Phi) is 8.94. The van der Waals surface area contributed by atoms with Gasteiger partial charge in [0, 0.05) is 39.6 Å². The van der Waals surface area contributed by atoms with E-state index in [2.05, 4.69) is 22.8 Å². The first-order chi connectivity index (χ1) is 16.1. The summed E-state index contributed by atoms with van der Waals surface area (Å²) in [7, 11) is 4.04. The average Bonchev–Trinajstić information content (AvgIpc) is 2.94. The number of amides is 1. The Labute approximate surface area is 203 Å². The molecule has 0 spiro atoms. The van der Waals surface area contributed by atoms with Crippen molar-refractivity contribution in [1.82, 2.24) is 14.7 Å². The maximum Gasteiger partial charge on any atom is 0.219 e. The second-order valence-electron chi connectivity index (χ2n) is 9.71. The van der Waals surface area contributed by atoms with Crippen LogP contribution in [-0.2, 0) is 11.3 Å². The van der Waals surface area contributed by atoms with Crippen LogP contribution in [0, 0.1) is 13.8 Å². The Bertz CT molecular complexity index is 965. The van der Waals surface area contributed by atoms with Gasteiger partial charge in [-0.05, 0) is 68.9 Å². The minimum atomic E-state index is -1.18. The number of carbonyl (C=O) groups is 1. The van der Waals surface area contributed by atoms with Crippen LogP contribution in [0.1, 0.15) is 23.6 Å². The van der Waals surface area contributed by atoms with Gasteiger partial charge in [-0.15, -0.1) is 0 Å². The van der Waals surface area contributed by atoms with Crippen molar-refractivity contribution in [3.05, 3.63) is 59.2 Å². The molecule has 1 amide bonds. The van der Waals surface area contributed by atoms with E-state index in [0.717, 1.165) is 29.2 Å². The molecule has 0 aromatic heterocycles. The molecular formula is C27H39N3O4. The summed E-state index contributed by atoms with van der Waals surface area (Å²) in [5.74, 6) is 1.53. The lowest BCUT2D eigenvalue weighted by Crippen LogP contribution is -2.51. The normalized spacial score (nSPS) is 19.2. The molecule has 0 aliphatic carbocycles. The molecule has 1 heterocycles. The summed E-state index contributed by atoms with van der Waals surface area (Å²) in [5, 5.41) is 11.5. The predicted molar refractivity (Wildman–Crippen MR) is 134 cm³/mol. The highest BCUT2D eigenvalue weighted by atomic mass is 16.5. The number of benzene rings is 2. The Balaban J connectivity index is 1.69. The van der Waals surface area contributed by atoms with E-state index in [1.54, 1.807) is 11.8 Å². The summed E-state index contributed by atoms with van der Waals surface area (Å²) in [4.78, 5) is 18.2. The number of ether oxygens (including phenoxy) is 2. The van der Waals surface area contributed by atoms with E-state index in [9.17, 15) is 9.90 Å². The van der Waals surface area contributed by atoms with Gasteiger partial charge in [0.1, 0.15) is 30.3 Å². The van der Waals surface area contributed by atoms with E-state index in [4.69, 9.17) is 9.47 Å². The number of aryl methyl sites for hydroxylation is 2. The molecule has 2 aromatic rings. The number of hydrogen-bond donors (Lipinski definition) is 1. The summed E-state index contributed by atoms with van der Waals surface area (Å²) in [6, 6.07) is 14.0. The van der Waals surface area contributed by atoms with Gasteiger partial charge in [-0.3, -0.25) is 9.69 Å². The molecule has 0 bridgehead atoms. The third kappa shape index (κ3) is 7.72. The third-order valence-corrected chi connectivity index (χ3v) is 6.23. The van der Waals surface area contributed by atoms with Crippen molar-refractivity contribution in [1.29, 1.82) is 0 Å². The smallest absolute Gasteiger partial charge is 0.219 e. The summed E-state index contributed by atoms with van der Waals surface area (Å²) >= 11 is 0. The Hall–Kier alpha value is -2.61. The fraction of sp³-hybridized carbons (Fsp3) is 0.519. The molecule has 3 rings (SSSR count). The van der Waals surface area contributed by atoms with Crippen LogP contribution in [0.4, 0.5) is 0 Å². The molecule has 186 valence electrons. The molecule has 1 N–H and O–H groups in total. The van der Waals surface area contributed by atoms with Gasteiger partial charge in [-0.2, -0.15) is 0 Å². The molecule has 34 heavy (non-hydrogen) atoms. The van der Waals surface area contributed by atoms with E-state index in [-0.39, 0.29) is 19.1 Å². The molecule has 1 atom stereocenters. The van der Waals surface area contributed by atoms with E-state index in [1.807, 2.05) is 57.4 Å². The first-order valence-electron chi connectivity index (χ1n) is 11.9. The van der Waals surface area contributed by atoms with Crippen molar-refractivity contribution in [3.63, 3.8) is 0 Å². The minimum absolute atomic E-state index is 0.0391. The van der Waals surface area contributed by atoms with Crippen LogP contribution in [0.5, 0.6) is 11.5 Å². The molecule has 7 heteroatoms. The zero-order valence-corrected chi connectivity index (χ0v) is 21.2. The van der Waals surface area contributed by atoms with Gasteiger partial charge in [0.15, 0.2) is 0 Å². The number of carbonyl (C=O) groups excluding carboxylic acids is 1. The average molecular weight is 470 g/mol. The van der Waals surface area contributed by atoms with E-state index in [0.29, 0.717) is 32.8 Å². The van der Waals surface area contributed by atoms with Crippen molar-refractivity contribution >= 4 is 5.91 Å². The first-order valence-corrected chi connectivity index (χ1v) is 11.9. The second kappa shape index (κ2) is 11.7. The van der Waals surface area contributed by atoms with Gasteiger partial charge in [-0.25, -0.2) is 0 Å². The largest absolute Gasteiger partial charge is 0.492 e. The molecule has 0 radical (unpaired) electrons. The number of rotatable bonds is 9. The highest BCUT2D eigenvalue weighted by Gasteiger charge is 2.37. The van der Waals surface area contributed by atoms with Crippen LogP contribution < -0.4 is 9.47 Å². The second-order valence-corrected chi connectivity index (χ2v) is 9.71. The summed E-state index contributed by atoms with van der Waals surface area (Å²) in [5.41, 5.74) is 2.27. The van der Waals surface area contributed by atoms with Crippen molar-refractivity contribution in [2.45, 2.75) is 32.9 Å². The van der Waals surface area contributed by atoms with Gasteiger partial charge < -0.3 is 24.4 Å². The third-order valence-electron chi connectivity index (χ3n) is 6.23. The van der Waals surface area contributed by atoms with Gasteiger partial charge in [-0.1, -0.05) is 18.2 Å². The molecule has 1 saturated heterocycles. The van der Waals surface area contributed by atoms with Crippen LogP contribution in [0.15, 0.2) is 42.5 Å². The highest BCUT2D eigenvalue weighted by molar-refractivity contribution is 5.73. The lowest BCUT2D eigenvalue weighted by Gasteiger charge is -2.32. The van der Waals surface area contributed by atoms with E-state index >= 15 is 0 Å². The van der Waals surface area contributed by atoms with Crippen molar-refractivity contribution in [3.8, 4) is 11.5 Å². The molecule has 1 unspecified atom stereocenters. The standard InChI is InChI=1S/C27H39N3O4/c1-21-9-10-26(15-22(21)2)34-20-27(32)18-29(11-12-30(19-27)23(3)31)17-24-7-6-8-25(16-24)33-14-13-28(4)5/h6-10,15-16,32H,11-14,17-20H2,1-5H3. The summed E-state index contributed by atoms with van der Waals surface area (Å²) in [6.07, 6.45) is 0. The first kappa shape index (κ1) is 26.0. The molecule has 7 nitrogen and oxygen atoms in total. The maximum atomic E-state index is 12.2. The van der Waals surface area contributed by atoms with Crippen molar-refractivity contribution in [2.24, 2.45) is 0 Å². The number of aliphatic hydroxyl groups is 1. The van der Waals surface area contributed by atoms with Gasteiger partial charge >= 0.3 is 0 Å². The van der Waals surface area contributed by atoms with Gasteiger partial charge in [0.05, 0.1) is 6.54 Å². The quantitative estimate of drug-likeness (QED) is 0.609. The Morgan fingerprint density at radius 3 is 2.50 bits per heavy atom.